The highest BCUT2D eigenvalue weighted by atomic mass is 35.5. The van der Waals surface area contributed by atoms with Crippen LogP contribution in [0.15, 0.2) is 71.8 Å². The third-order valence-corrected chi connectivity index (χ3v) is 4.91. The van der Waals surface area contributed by atoms with E-state index in [0.29, 0.717) is 22.1 Å². The number of ether oxygens (including phenoxy) is 2. The number of esters is 1. The van der Waals surface area contributed by atoms with Gasteiger partial charge in [0.05, 0.1) is 21.7 Å². The molecule has 0 aliphatic carbocycles. The summed E-state index contributed by atoms with van der Waals surface area (Å²) in [4.78, 5) is 34.5. The molecule has 0 saturated heterocycles. The van der Waals surface area contributed by atoms with Crippen LogP contribution in [0.1, 0.15) is 22.8 Å². The first-order valence-electron chi connectivity index (χ1n) is 9.74. The molecule has 0 aromatic heterocycles. The lowest BCUT2D eigenvalue weighted by molar-refractivity contribution is -0.384. The van der Waals surface area contributed by atoms with Crippen LogP contribution in [0.2, 0.25) is 10.0 Å². The Hall–Kier alpha value is -3.95. The largest absolute Gasteiger partial charge is 0.481 e. The van der Waals surface area contributed by atoms with Crippen LogP contribution in [0.5, 0.6) is 11.5 Å². The molecular formula is C23H17Cl2N3O6. The van der Waals surface area contributed by atoms with Crippen molar-refractivity contribution < 1.29 is 24.0 Å². The van der Waals surface area contributed by atoms with Crippen molar-refractivity contribution in [1.82, 2.24) is 5.43 Å². The van der Waals surface area contributed by atoms with E-state index in [0.717, 1.165) is 0 Å². The number of hydrogen-bond acceptors (Lipinski definition) is 7. The van der Waals surface area contributed by atoms with Gasteiger partial charge < -0.3 is 9.47 Å². The lowest BCUT2D eigenvalue weighted by Gasteiger charge is -2.12. The number of nitro benzene ring substituents is 1. The Morgan fingerprint density at radius 3 is 2.29 bits per heavy atom. The maximum absolute atomic E-state index is 12.3. The average molecular weight is 502 g/mol. The van der Waals surface area contributed by atoms with Crippen LogP contribution in [0.3, 0.4) is 0 Å². The SMILES string of the molecule is C[C@H](Oc1ccc([N+](=O)[O-])cc1)C(=O)N/N=C\c1ccc(OC(=O)c2ccc(Cl)cc2Cl)cc1. The molecule has 0 saturated carbocycles. The van der Waals surface area contributed by atoms with Crippen LogP contribution >= 0.6 is 23.2 Å². The molecule has 11 heteroatoms. The second-order valence-corrected chi connectivity index (χ2v) is 7.67. The first kappa shape index (κ1) is 24.7. The van der Waals surface area contributed by atoms with E-state index in [4.69, 9.17) is 32.7 Å². The second kappa shape index (κ2) is 11.3. The molecule has 0 bridgehead atoms. The van der Waals surface area contributed by atoms with Gasteiger partial charge in [-0.15, -0.1) is 0 Å². The van der Waals surface area contributed by atoms with Gasteiger partial charge in [0, 0.05) is 17.2 Å². The van der Waals surface area contributed by atoms with Crippen LogP contribution in [0, 0.1) is 10.1 Å². The number of carbonyl (C=O) groups is 2. The number of nitrogens with one attached hydrogen (secondary N) is 1. The molecule has 0 unspecified atom stereocenters. The molecule has 1 N–H and O–H groups in total. The quantitative estimate of drug-likeness (QED) is 0.152. The molecule has 3 rings (SSSR count). The number of amides is 1. The van der Waals surface area contributed by atoms with E-state index < -0.39 is 22.9 Å². The van der Waals surface area contributed by atoms with Crippen LogP contribution < -0.4 is 14.9 Å². The van der Waals surface area contributed by atoms with Gasteiger partial charge in [-0.25, -0.2) is 10.2 Å². The average Bonchev–Trinajstić information content (AvgIpc) is 2.80. The minimum atomic E-state index is -0.889. The number of halogens is 2. The summed E-state index contributed by atoms with van der Waals surface area (Å²) < 4.78 is 10.7. The van der Waals surface area contributed by atoms with Gasteiger partial charge in [-0.2, -0.15) is 5.10 Å². The summed E-state index contributed by atoms with van der Waals surface area (Å²) in [5.74, 6) is -0.540. The third-order valence-electron chi connectivity index (χ3n) is 4.36. The fourth-order valence-electron chi connectivity index (χ4n) is 2.60. The van der Waals surface area contributed by atoms with Gasteiger partial charge in [0.1, 0.15) is 11.5 Å². The first-order chi connectivity index (χ1) is 16.2. The Bertz CT molecular complexity index is 1230. The van der Waals surface area contributed by atoms with Crippen molar-refractivity contribution >= 4 is 47.0 Å². The first-order valence-corrected chi connectivity index (χ1v) is 10.5. The molecule has 0 heterocycles. The Kier molecular flexibility index (Phi) is 8.18. The number of nitro groups is 1. The van der Waals surface area contributed by atoms with Crippen LogP contribution in [-0.4, -0.2) is 29.1 Å². The molecule has 3 aromatic carbocycles. The minimum absolute atomic E-state index is 0.0800. The number of rotatable bonds is 8. The fraction of sp³-hybridized carbons (Fsp3) is 0.0870. The van der Waals surface area contributed by atoms with Crippen molar-refractivity contribution in [3.63, 3.8) is 0 Å². The van der Waals surface area contributed by atoms with E-state index in [2.05, 4.69) is 10.5 Å². The Morgan fingerprint density at radius 1 is 1.03 bits per heavy atom. The summed E-state index contributed by atoms with van der Waals surface area (Å²) in [6, 6.07) is 16.2. The topological polar surface area (TPSA) is 120 Å². The van der Waals surface area contributed by atoms with Crippen molar-refractivity contribution in [3.05, 3.63) is 98.0 Å². The number of hydrazone groups is 1. The van der Waals surface area contributed by atoms with E-state index >= 15 is 0 Å². The van der Waals surface area contributed by atoms with Gasteiger partial charge in [0.25, 0.3) is 11.6 Å². The van der Waals surface area contributed by atoms with Gasteiger partial charge in [0.15, 0.2) is 6.10 Å². The molecule has 0 spiro atoms. The minimum Gasteiger partial charge on any atom is -0.481 e. The van der Waals surface area contributed by atoms with E-state index in [9.17, 15) is 19.7 Å². The van der Waals surface area contributed by atoms with E-state index in [1.165, 1.54) is 55.6 Å². The van der Waals surface area contributed by atoms with Gasteiger partial charge in [0.2, 0.25) is 0 Å². The van der Waals surface area contributed by atoms with Crippen molar-refractivity contribution in [1.29, 1.82) is 0 Å². The number of benzene rings is 3. The molecule has 0 aliphatic heterocycles. The smallest absolute Gasteiger partial charge is 0.345 e. The van der Waals surface area contributed by atoms with Gasteiger partial charge in [-0.1, -0.05) is 23.2 Å². The summed E-state index contributed by atoms with van der Waals surface area (Å²) in [5.41, 5.74) is 3.08. The zero-order valence-electron chi connectivity index (χ0n) is 17.6. The molecule has 34 heavy (non-hydrogen) atoms. The number of non-ortho nitro benzene ring substituents is 1. The van der Waals surface area contributed by atoms with Gasteiger partial charge in [-0.05, 0) is 67.1 Å². The number of carbonyl (C=O) groups excluding carboxylic acids is 2. The van der Waals surface area contributed by atoms with Crippen LogP contribution in [-0.2, 0) is 4.79 Å². The molecule has 1 atom stereocenters. The van der Waals surface area contributed by atoms with Crippen LogP contribution in [0.4, 0.5) is 5.69 Å². The standard InChI is InChI=1S/C23H17Cl2N3O6/c1-14(33-18-9-5-17(6-10-18)28(31)32)22(29)27-26-13-15-2-7-19(8-3-15)34-23(30)20-11-4-16(24)12-21(20)25/h2-14H,1H3,(H,27,29)/b26-13-/t14-/m0/s1. The normalized spacial score (nSPS) is 11.6. The number of nitrogens with zero attached hydrogens (tertiary/aromatic N) is 2. The predicted octanol–water partition coefficient (Wildman–Crippen LogP) is 5.04. The summed E-state index contributed by atoms with van der Waals surface area (Å²) in [7, 11) is 0. The summed E-state index contributed by atoms with van der Waals surface area (Å²) in [6.07, 6.45) is 0.512. The van der Waals surface area contributed by atoms with Gasteiger partial charge in [-0.3, -0.25) is 14.9 Å². The molecule has 9 nitrogen and oxygen atoms in total. The molecule has 0 fully saturated rings. The van der Waals surface area contributed by atoms with E-state index in [1.807, 2.05) is 0 Å². The van der Waals surface area contributed by atoms with Crippen molar-refractivity contribution in [3.8, 4) is 11.5 Å². The second-order valence-electron chi connectivity index (χ2n) is 6.83. The predicted molar refractivity (Wildman–Crippen MR) is 127 cm³/mol. The van der Waals surface area contributed by atoms with Crippen LogP contribution in [0.25, 0.3) is 0 Å². The molecule has 1 amide bonds. The highest BCUT2D eigenvalue weighted by Crippen LogP contribution is 2.23. The lowest BCUT2D eigenvalue weighted by Crippen LogP contribution is -2.33. The fourth-order valence-corrected chi connectivity index (χ4v) is 3.09. The van der Waals surface area contributed by atoms with Gasteiger partial charge >= 0.3 is 5.97 Å². The summed E-state index contributed by atoms with van der Waals surface area (Å²) in [5, 5.41) is 15.1. The van der Waals surface area contributed by atoms with Crippen molar-refractivity contribution in [2.75, 3.05) is 0 Å². The monoisotopic (exact) mass is 501 g/mol. The van der Waals surface area contributed by atoms with E-state index in [1.54, 1.807) is 24.3 Å². The zero-order chi connectivity index (χ0) is 24.7. The van der Waals surface area contributed by atoms with Crippen molar-refractivity contribution in [2.45, 2.75) is 13.0 Å². The summed E-state index contributed by atoms with van der Waals surface area (Å²) >= 11 is 11.8. The maximum atomic E-state index is 12.3. The molecule has 3 aromatic rings. The Balaban J connectivity index is 1.51. The van der Waals surface area contributed by atoms with Crippen molar-refractivity contribution in [2.24, 2.45) is 5.10 Å². The third kappa shape index (κ3) is 6.77. The molecular weight excluding hydrogens is 485 g/mol. The molecule has 0 radical (unpaired) electrons. The maximum Gasteiger partial charge on any atom is 0.345 e. The molecule has 0 aliphatic rings. The number of hydrogen-bond donors (Lipinski definition) is 1. The summed E-state index contributed by atoms with van der Waals surface area (Å²) in [6.45, 7) is 1.52. The highest BCUT2D eigenvalue weighted by molar-refractivity contribution is 6.36. The molecule has 174 valence electrons. The Morgan fingerprint density at radius 2 is 1.68 bits per heavy atom. The van der Waals surface area contributed by atoms with E-state index in [-0.39, 0.29) is 16.3 Å². The lowest BCUT2D eigenvalue weighted by atomic mass is 10.2. The zero-order valence-corrected chi connectivity index (χ0v) is 19.1. The Labute approximate surface area is 204 Å². The highest BCUT2D eigenvalue weighted by Gasteiger charge is 2.15.